The summed E-state index contributed by atoms with van der Waals surface area (Å²) in [6, 6.07) is 13.1. The molecule has 0 radical (unpaired) electrons. The van der Waals surface area contributed by atoms with Crippen LogP contribution >= 0.6 is 0 Å². The minimum absolute atomic E-state index is 0.184. The largest absolute Gasteiger partial charge is 0.490 e. The lowest BCUT2D eigenvalue weighted by Crippen LogP contribution is -2.48. The molecule has 1 saturated heterocycles. The average Bonchev–Trinajstić information content (AvgIpc) is 3.29. The molecule has 2 aromatic carbocycles. The first kappa shape index (κ1) is 33.5. The van der Waals surface area contributed by atoms with Crippen molar-refractivity contribution < 1.29 is 59.0 Å². The van der Waals surface area contributed by atoms with Gasteiger partial charge in [-0.1, -0.05) is 18.2 Å². The van der Waals surface area contributed by atoms with Crippen LogP contribution in [0.5, 0.6) is 0 Å². The highest BCUT2D eigenvalue weighted by Gasteiger charge is 2.38. The van der Waals surface area contributed by atoms with Crippen LogP contribution in [0.2, 0.25) is 0 Å². The number of rotatable bonds is 4. The fourth-order valence-electron chi connectivity index (χ4n) is 3.70. The first-order valence-electron chi connectivity index (χ1n) is 11.5. The molecule has 0 amide bonds. The van der Waals surface area contributed by atoms with Crippen LogP contribution in [0, 0.1) is 5.82 Å². The van der Waals surface area contributed by atoms with Gasteiger partial charge in [-0.25, -0.2) is 26.4 Å². The van der Waals surface area contributed by atoms with Gasteiger partial charge in [-0.3, -0.25) is 4.90 Å². The number of hydrogen-bond donors (Lipinski definition) is 3. The van der Waals surface area contributed by atoms with Crippen LogP contribution in [0.1, 0.15) is 12.5 Å². The van der Waals surface area contributed by atoms with Crippen molar-refractivity contribution in [1.82, 2.24) is 14.2 Å². The molecule has 9 nitrogen and oxygen atoms in total. The van der Waals surface area contributed by atoms with Crippen LogP contribution < -0.4 is 5.32 Å². The van der Waals surface area contributed by atoms with E-state index < -0.39 is 40.1 Å². The summed E-state index contributed by atoms with van der Waals surface area (Å²) in [5, 5.41) is 18.4. The Labute approximate surface area is 228 Å². The Morgan fingerprint density at radius 2 is 1.51 bits per heavy atom. The summed E-state index contributed by atoms with van der Waals surface area (Å²) >= 11 is 0. The minimum Gasteiger partial charge on any atom is -0.475 e. The Hall–Kier alpha value is -3.70. The smallest absolute Gasteiger partial charge is 0.475 e. The Kier molecular flexibility index (Phi) is 10.9. The van der Waals surface area contributed by atoms with Gasteiger partial charge < -0.3 is 15.5 Å². The predicted molar refractivity (Wildman–Crippen MR) is 131 cm³/mol. The van der Waals surface area contributed by atoms with Gasteiger partial charge in [0.05, 0.1) is 10.4 Å². The Balaban J connectivity index is 0.000000349. The number of halogens is 7. The number of carboxylic acids is 2. The van der Waals surface area contributed by atoms with Crippen LogP contribution in [0.25, 0.3) is 10.9 Å². The lowest BCUT2D eigenvalue weighted by atomic mass is 10.1. The van der Waals surface area contributed by atoms with Crippen LogP contribution in [-0.4, -0.2) is 77.5 Å². The molecule has 1 fully saturated rings. The molecule has 1 aromatic heterocycles. The van der Waals surface area contributed by atoms with Gasteiger partial charge in [0.15, 0.2) is 0 Å². The fraction of sp³-hybridized carbons (Fsp3) is 0.333. The van der Waals surface area contributed by atoms with Gasteiger partial charge in [0.25, 0.3) is 10.0 Å². The maximum absolute atomic E-state index is 14.3. The molecule has 0 spiro atoms. The number of benzene rings is 2. The number of nitrogens with zero attached hydrogens (tertiary/aromatic N) is 2. The van der Waals surface area contributed by atoms with E-state index in [0.717, 1.165) is 30.6 Å². The first-order chi connectivity index (χ1) is 18.8. The van der Waals surface area contributed by atoms with E-state index in [2.05, 4.69) is 17.1 Å². The molecule has 17 heteroatoms. The SMILES string of the molecule is C[C@@H]1CN(Cc2cc(F)cc3c2ccn3S(=O)(=O)c2ccccc2)CCN1.O=C(O)C(F)(F)F.O=C(O)C(F)(F)F. The van der Waals surface area contributed by atoms with Gasteiger partial charge in [0.2, 0.25) is 0 Å². The van der Waals surface area contributed by atoms with Crippen molar-refractivity contribution >= 4 is 32.9 Å². The van der Waals surface area contributed by atoms with Gasteiger partial charge in [-0.15, -0.1) is 0 Å². The minimum atomic E-state index is -5.08. The molecule has 0 saturated carbocycles. The lowest BCUT2D eigenvalue weighted by molar-refractivity contribution is -0.193. The van der Waals surface area contributed by atoms with Crippen LogP contribution in [0.3, 0.4) is 0 Å². The molecule has 4 rings (SSSR count). The van der Waals surface area contributed by atoms with Crippen LogP contribution in [-0.2, 0) is 26.2 Å². The van der Waals surface area contributed by atoms with Crippen molar-refractivity contribution in [3.05, 3.63) is 66.1 Å². The number of alkyl halides is 6. The van der Waals surface area contributed by atoms with Gasteiger partial charge >= 0.3 is 24.3 Å². The second kappa shape index (κ2) is 13.3. The van der Waals surface area contributed by atoms with Gasteiger partial charge in [0, 0.05) is 43.8 Å². The number of aromatic nitrogens is 1. The summed E-state index contributed by atoms with van der Waals surface area (Å²) in [5.74, 6) is -5.94. The molecule has 3 aromatic rings. The molecule has 226 valence electrons. The third-order valence-corrected chi connectivity index (χ3v) is 7.16. The maximum Gasteiger partial charge on any atom is 0.490 e. The number of carbonyl (C=O) groups is 2. The average molecular weight is 616 g/mol. The molecule has 1 aliphatic rings. The van der Waals surface area contributed by atoms with Crippen molar-refractivity contribution in [2.24, 2.45) is 0 Å². The zero-order valence-corrected chi connectivity index (χ0v) is 21.9. The molecule has 0 aliphatic carbocycles. The highest BCUT2D eigenvalue weighted by atomic mass is 32.2. The Morgan fingerprint density at radius 1 is 0.976 bits per heavy atom. The number of hydrogen-bond acceptors (Lipinski definition) is 6. The van der Waals surface area contributed by atoms with E-state index in [0.29, 0.717) is 18.1 Å². The normalized spacial score (nSPS) is 16.2. The van der Waals surface area contributed by atoms with Gasteiger partial charge in [-0.2, -0.15) is 26.3 Å². The van der Waals surface area contributed by atoms with E-state index in [1.807, 2.05) is 0 Å². The molecule has 2 heterocycles. The molecule has 1 aliphatic heterocycles. The first-order valence-corrected chi connectivity index (χ1v) is 12.9. The number of nitrogens with one attached hydrogen (secondary N) is 1. The standard InChI is InChI=1S/C20H22FN3O2S.2C2HF3O2/c1-15-13-23(10-8-22-15)14-16-11-17(21)12-20-19(16)7-9-24(20)27(25,26)18-5-3-2-4-6-18;2*3-2(4,5)1(6)7/h2-7,9,11-12,15,22H,8,10,13-14H2,1H3;2*(H,6,7)/t15-;;/m1../s1. The van der Waals surface area contributed by atoms with Crippen LogP contribution in [0.4, 0.5) is 30.7 Å². The van der Waals surface area contributed by atoms with Gasteiger partial charge in [-0.05, 0) is 42.8 Å². The van der Waals surface area contributed by atoms with Crippen molar-refractivity contribution in [2.75, 3.05) is 19.6 Å². The molecule has 41 heavy (non-hydrogen) atoms. The Morgan fingerprint density at radius 3 is 2.00 bits per heavy atom. The number of carboxylic acid groups (broad SMARTS) is 2. The number of fused-ring (bicyclic) bond motifs is 1. The third kappa shape index (κ3) is 9.43. The highest BCUT2D eigenvalue weighted by molar-refractivity contribution is 7.90. The third-order valence-electron chi connectivity index (χ3n) is 5.45. The molecular weight excluding hydrogens is 591 g/mol. The van der Waals surface area contributed by atoms with Crippen molar-refractivity contribution in [3.8, 4) is 0 Å². The van der Waals surface area contributed by atoms with Crippen LogP contribution in [0.15, 0.2) is 59.6 Å². The summed E-state index contributed by atoms with van der Waals surface area (Å²) in [5.41, 5.74) is 1.18. The van der Waals surface area contributed by atoms with E-state index in [9.17, 15) is 39.2 Å². The lowest BCUT2D eigenvalue weighted by Gasteiger charge is -2.32. The number of aliphatic carboxylic acids is 2. The van der Waals surface area contributed by atoms with Crippen molar-refractivity contribution in [2.45, 2.75) is 36.8 Å². The highest BCUT2D eigenvalue weighted by Crippen LogP contribution is 2.27. The molecular formula is C24H24F7N3O6S. The molecule has 0 unspecified atom stereocenters. The van der Waals surface area contributed by atoms with E-state index in [4.69, 9.17) is 19.8 Å². The second-order valence-corrected chi connectivity index (χ2v) is 10.4. The maximum atomic E-state index is 14.3. The summed E-state index contributed by atoms with van der Waals surface area (Å²) < 4.78 is 105. The Bertz CT molecular complexity index is 1430. The molecule has 3 N–H and O–H groups in total. The fourth-order valence-corrected chi connectivity index (χ4v) is 5.06. The van der Waals surface area contributed by atoms with Crippen molar-refractivity contribution in [1.29, 1.82) is 0 Å². The zero-order valence-electron chi connectivity index (χ0n) is 21.1. The summed E-state index contributed by atoms with van der Waals surface area (Å²) in [4.78, 5) is 20.2. The molecule has 0 bridgehead atoms. The van der Waals surface area contributed by atoms with E-state index in [1.165, 1.54) is 22.3 Å². The van der Waals surface area contributed by atoms with Gasteiger partial charge in [0.1, 0.15) is 5.82 Å². The van der Waals surface area contributed by atoms with E-state index in [1.54, 1.807) is 36.4 Å². The molecule has 1 atom stereocenters. The monoisotopic (exact) mass is 615 g/mol. The summed E-state index contributed by atoms with van der Waals surface area (Å²) in [6.45, 7) is 5.36. The van der Waals surface area contributed by atoms with E-state index >= 15 is 0 Å². The zero-order chi connectivity index (χ0) is 31.2. The predicted octanol–water partition coefficient (Wildman–Crippen LogP) is 4.08. The summed E-state index contributed by atoms with van der Waals surface area (Å²) in [6.07, 6.45) is -8.66. The quantitative estimate of drug-likeness (QED) is 0.375. The summed E-state index contributed by atoms with van der Waals surface area (Å²) in [7, 11) is -3.77. The topological polar surface area (TPSA) is 129 Å². The van der Waals surface area contributed by atoms with Crippen molar-refractivity contribution in [3.63, 3.8) is 0 Å². The number of piperazine rings is 1. The second-order valence-electron chi connectivity index (χ2n) is 8.62. The van der Waals surface area contributed by atoms with E-state index in [-0.39, 0.29) is 4.90 Å².